The predicted octanol–water partition coefficient (Wildman–Crippen LogP) is 5.55. The van der Waals surface area contributed by atoms with Gasteiger partial charge >= 0.3 is 0 Å². The zero-order chi connectivity index (χ0) is 23.5. The van der Waals surface area contributed by atoms with Gasteiger partial charge in [-0.15, -0.1) is 0 Å². The number of nitrogens with zero attached hydrogens (tertiary/aromatic N) is 2. The molecule has 0 atom stereocenters. The summed E-state index contributed by atoms with van der Waals surface area (Å²) in [4.78, 5) is 22.6. The van der Waals surface area contributed by atoms with Gasteiger partial charge in [0.25, 0.3) is 5.91 Å². The summed E-state index contributed by atoms with van der Waals surface area (Å²) in [6, 6.07) is 26.9. The Morgan fingerprint density at radius 3 is 2.38 bits per heavy atom. The molecule has 0 bridgehead atoms. The minimum absolute atomic E-state index is 0.144. The third kappa shape index (κ3) is 4.42. The second-order valence-corrected chi connectivity index (χ2v) is 7.92. The van der Waals surface area contributed by atoms with E-state index < -0.39 is 0 Å². The summed E-state index contributed by atoms with van der Waals surface area (Å²) in [6.07, 6.45) is 2.09. The fourth-order valence-corrected chi connectivity index (χ4v) is 3.86. The number of carbonyl (C=O) groups is 1. The number of hydrogen-bond donors (Lipinski definition) is 3. The number of fused-ring (bicyclic) bond motifs is 1. The molecule has 1 heterocycles. The van der Waals surface area contributed by atoms with Crippen molar-refractivity contribution in [3.63, 3.8) is 0 Å². The van der Waals surface area contributed by atoms with Crippen molar-refractivity contribution in [1.82, 2.24) is 9.97 Å². The number of aromatic hydroxyl groups is 2. The number of hydrogen-bond acceptors (Lipinski definition) is 5. The lowest BCUT2D eigenvalue weighted by atomic mass is 10.0. The van der Waals surface area contributed by atoms with Crippen molar-refractivity contribution < 1.29 is 15.0 Å². The first-order chi connectivity index (χ1) is 16.6. The van der Waals surface area contributed by atoms with Crippen LogP contribution in [0.4, 0.5) is 5.82 Å². The lowest BCUT2D eigenvalue weighted by Crippen LogP contribution is -2.16. The zero-order valence-electron chi connectivity index (χ0n) is 18.1. The normalized spacial score (nSPS) is 10.8. The molecule has 6 heteroatoms. The SMILES string of the molecule is O=C(Nc1ncc(-c2ccc(O)cc2)nc1Cc1ccccc1)c1cccc2cc(O)ccc12. The summed E-state index contributed by atoms with van der Waals surface area (Å²) in [5, 5.41) is 23.8. The van der Waals surface area contributed by atoms with Crippen LogP contribution in [-0.2, 0) is 6.42 Å². The van der Waals surface area contributed by atoms with E-state index in [-0.39, 0.29) is 17.4 Å². The number of amides is 1. The van der Waals surface area contributed by atoms with E-state index in [1.807, 2.05) is 36.4 Å². The Morgan fingerprint density at radius 1 is 0.824 bits per heavy atom. The molecule has 6 nitrogen and oxygen atoms in total. The Labute approximate surface area is 196 Å². The second-order valence-electron chi connectivity index (χ2n) is 7.92. The summed E-state index contributed by atoms with van der Waals surface area (Å²) in [5.41, 5.74) is 3.60. The van der Waals surface area contributed by atoms with Crippen LogP contribution in [0.1, 0.15) is 21.6 Å². The van der Waals surface area contributed by atoms with Crippen molar-refractivity contribution in [3.05, 3.63) is 114 Å². The average molecular weight is 447 g/mol. The number of anilines is 1. The van der Waals surface area contributed by atoms with E-state index in [0.717, 1.165) is 21.9 Å². The molecule has 0 fully saturated rings. The number of rotatable bonds is 5. The summed E-state index contributed by atoms with van der Waals surface area (Å²) in [6.45, 7) is 0. The first kappa shape index (κ1) is 21.2. The molecule has 0 aliphatic heterocycles. The summed E-state index contributed by atoms with van der Waals surface area (Å²) in [5.74, 6) is 0.392. The molecule has 3 N–H and O–H groups in total. The Bertz CT molecular complexity index is 1480. The van der Waals surface area contributed by atoms with Gasteiger partial charge in [-0.25, -0.2) is 9.97 Å². The first-order valence-electron chi connectivity index (χ1n) is 10.8. The van der Waals surface area contributed by atoms with Gasteiger partial charge in [0.05, 0.1) is 17.6 Å². The van der Waals surface area contributed by atoms with Crippen molar-refractivity contribution in [3.8, 4) is 22.8 Å². The van der Waals surface area contributed by atoms with Gasteiger partial charge in [-0.1, -0.05) is 42.5 Å². The number of carbonyl (C=O) groups excluding carboxylic acids is 1. The van der Waals surface area contributed by atoms with Crippen molar-refractivity contribution in [2.24, 2.45) is 0 Å². The van der Waals surface area contributed by atoms with E-state index in [2.05, 4.69) is 10.3 Å². The summed E-state index contributed by atoms with van der Waals surface area (Å²) in [7, 11) is 0. The van der Waals surface area contributed by atoms with E-state index in [1.165, 1.54) is 0 Å². The molecule has 0 unspecified atom stereocenters. The molecule has 0 saturated heterocycles. The highest BCUT2D eigenvalue weighted by atomic mass is 16.3. The molecule has 0 radical (unpaired) electrons. The lowest BCUT2D eigenvalue weighted by Gasteiger charge is -2.13. The Hall–Kier alpha value is -4.71. The quantitative estimate of drug-likeness (QED) is 0.328. The zero-order valence-corrected chi connectivity index (χ0v) is 18.1. The molecule has 5 aromatic rings. The van der Waals surface area contributed by atoms with Crippen molar-refractivity contribution >= 4 is 22.5 Å². The van der Waals surface area contributed by atoms with E-state index in [1.54, 1.807) is 60.8 Å². The monoisotopic (exact) mass is 447 g/mol. The van der Waals surface area contributed by atoms with Crippen molar-refractivity contribution in [2.45, 2.75) is 6.42 Å². The average Bonchev–Trinajstić information content (AvgIpc) is 2.85. The number of aromatic nitrogens is 2. The second kappa shape index (κ2) is 9.03. The minimum Gasteiger partial charge on any atom is -0.508 e. The van der Waals surface area contributed by atoms with Gasteiger partial charge in [0.1, 0.15) is 11.5 Å². The fraction of sp³-hybridized carbons (Fsp3) is 0.0357. The third-order valence-corrected chi connectivity index (χ3v) is 5.56. The number of nitrogens with one attached hydrogen (secondary N) is 1. The lowest BCUT2D eigenvalue weighted by molar-refractivity contribution is 0.102. The number of benzene rings is 4. The molecule has 4 aromatic carbocycles. The topological polar surface area (TPSA) is 95.3 Å². The standard InChI is InChI=1S/C28H21N3O3/c32-21-11-9-19(10-12-21)26-17-29-27(25(30-26)15-18-5-2-1-3-6-18)31-28(34)24-8-4-7-20-16-22(33)13-14-23(20)24/h1-14,16-17,32-33H,15H2,(H,29,31,34). The Balaban J connectivity index is 1.52. The number of phenolic OH excluding ortho intramolecular Hbond substituents is 2. The van der Waals surface area contributed by atoms with Crippen LogP contribution in [0.25, 0.3) is 22.0 Å². The Morgan fingerprint density at radius 2 is 1.59 bits per heavy atom. The van der Waals surface area contributed by atoms with Gasteiger partial charge in [-0.2, -0.15) is 0 Å². The van der Waals surface area contributed by atoms with E-state index >= 15 is 0 Å². The van der Waals surface area contributed by atoms with Gasteiger partial charge in [0, 0.05) is 17.5 Å². The molecule has 0 spiro atoms. The van der Waals surface area contributed by atoms with Crippen molar-refractivity contribution in [1.29, 1.82) is 0 Å². The van der Waals surface area contributed by atoms with Crippen LogP contribution in [0, 0.1) is 0 Å². The summed E-state index contributed by atoms with van der Waals surface area (Å²) < 4.78 is 0. The van der Waals surface area contributed by atoms with Crippen LogP contribution in [-0.4, -0.2) is 26.1 Å². The van der Waals surface area contributed by atoms with Crippen LogP contribution in [0.2, 0.25) is 0 Å². The highest BCUT2D eigenvalue weighted by molar-refractivity contribution is 6.13. The van der Waals surface area contributed by atoms with Crippen LogP contribution in [0.15, 0.2) is 97.2 Å². The molecule has 1 aromatic heterocycles. The van der Waals surface area contributed by atoms with E-state index in [0.29, 0.717) is 29.2 Å². The van der Waals surface area contributed by atoms with Gasteiger partial charge < -0.3 is 15.5 Å². The van der Waals surface area contributed by atoms with Crippen LogP contribution >= 0.6 is 0 Å². The van der Waals surface area contributed by atoms with Crippen molar-refractivity contribution in [2.75, 3.05) is 5.32 Å². The Kier molecular flexibility index (Phi) is 5.62. The molecule has 166 valence electrons. The maximum absolute atomic E-state index is 13.2. The molecule has 0 saturated carbocycles. The molecular weight excluding hydrogens is 426 g/mol. The van der Waals surface area contributed by atoms with E-state index in [9.17, 15) is 15.0 Å². The maximum Gasteiger partial charge on any atom is 0.257 e. The molecule has 34 heavy (non-hydrogen) atoms. The van der Waals surface area contributed by atoms with Gasteiger partial charge in [-0.05, 0) is 64.9 Å². The van der Waals surface area contributed by atoms with Crippen LogP contribution < -0.4 is 5.32 Å². The fourth-order valence-electron chi connectivity index (χ4n) is 3.86. The molecule has 1 amide bonds. The van der Waals surface area contributed by atoms with Gasteiger partial charge in [0.15, 0.2) is 5.82 Å². The number of phenols is 2. The third-order valence-electron chi connectivity index (χ3n) is 5.56. The largest absolute Gasteiger partial charge is 0.508 e. The smallest absolute Gasteiger partial charge is 0.257 e. The first-order valence-corrected chi connectivity index (χ1v) is 10.8. The molecule has 0 aliphatic carbocycles. The summed E-state index contributed by atoms with van der Waals surface area (Å²) >= 11 is 0. The van der Waals surface area contributed by atoms with E-state index in [4.69, 9.17) is 4.98 Å². The molecule has 0 aliphatic rings. The highest BCUT2D eigenvalue weighted by Crippen LogP contribution is 2.26. The molecule has 5 rings (SSSR count). The predicted molar refractivity (Wildman–Crippen MR) is 132 cm³/mol. The van der Waals surface area contributed by atoms with Crippen LogP contribution in [0.3, 0.4) is 0 Å². The molecular formula is C28H21N3O3. The highest BCUT2D eigenvalue weighted by Gasteiger charge is 2.16. The maximum atomic E-state index is 13.2. The van der Waals surface area contributed by atoms with Gasteiger partial charge in [0.2, 0.25) is 0 Å². The van der Waals surface area contributed by atoms with Crippen LogP contribution in [0.5, 0.6) is 11.5 Å². The van der Waals surface area contributed by atoms with Gasteiger partial charge in [-0.3, -0.25) is 4.79 Å². The minimum atomic E-state index is -0.308.